The lowest BCUT2D eigenvalue weighted by molar-refractivity contribution is 0.160. The molecule has 8 heteroatoms. The quantitative estimate of drug-likeness (QED) is 0.523. The first kappa shape index (κ1) is 26.4. The molecule has 2 amide bonds. The third-order valence-electron chi connectivity index (χ3n) is 5.96. The monoisotopic (exact) mass is 481 g/mol. The second kappa shape index (κ2) is 12.0. The van der Waals surface area contributed by atoms with E-state index in [0.717, 1.165) is 24.8 Å². The first-order valence-corrected chi connectivity index (χ1v) is 11.9. The number of primary amides is 1. The van der Waals surface area contributed by atoms with Gasteiger partial charge in [-0.05, 0) is 36.6 Å². The standard InChI is InChI=1S/C14H17FN4O.C13H19NO/c1-14(2,3)11-8-12(17-13(16)20)19(18-11)10-7-5-4-6-9(10)15;1-15-10-9-14-8-7-13(11-14)12-5-3-2-4-6-12/h4-8H,1-3H3,(H3,16,17,20);2-6,13H,7-11H2,1H3. The van der Waals surface area contributed by atoms with E-state index in [4.69, 9.17) is 10.5 Å². The predicted molar refractivity (Wildman–Crippen MR) is 138 cm³/mol. The number of benzene rings is 2. The van der Waals surface area contributed by atoms with Crippen LogP contribution in [0.25, 0.3) is 5.69 Å². The normalized spacial score (nSPS) is 16.0. The molecule has 0 spiro atoms. The highest BCUT2D eigenvalue weighted by molar-refractivity contribution is 5.87. The lowest BCUT2D eigenvalue weighted by Crippen LogP contribution is -2.24. The van der Waals surface area contributed by atoms with Gasteiger partial charge in [-0.2, -0.15) is 5.10 Å². The molecule has 1 aromatic heterocycles. The van der Waals surface area contributed by atoms with E-state index in [1.54, 1.807) is 31.4 Å². The summed E-state index contributed by atoms with van der Waals surface area (Å²) in [5, 5.41) is 6.84. The number of nitrogens with one attached hydrogen (secondary N) is 1. The van der Waals surface area contributed by atoms with E-state index >= 15 is 0 Å². The van der Waals surface area contributed by atoms with Crippen molar-refractivity contribution in [1.82, 2.24) is 14.7 Å². The molecule has 1 saturated heterocycles. The second-order valence-electron chi connectivity index (χ2n) is 9.71. The van der Waals surface area contributed by atoms with E-state index in [2.05, 4.69) is 45.6 Å². The summed E-state index contributed by atoms with van der Waals surface area (Å²) < 4.78 is 20.3. The molecule has 0 bridgehead atoms. The van der Waals surface area contributed by atoms with Crippen LogP contribution in [0.4, 0.5) is 15.0 Å². The fourth-order valence-electron chi connectivity index (χ4n) is 4.02. The molecule has 0 aliphatic carbocycles. The Hall–Kier alpha value is -3.23. The number of urea groups is 1. The fourth-order valence-corrected chi connectivity index (χ4v) is 4.02. The van der Waals surface area contributed by atoms with Crippen LogP contribution in [0.2, 0.25) is 0 Å². The van der Waals surface area contributed by atoms with Crippen molar-refractivity contribution in [1.29, 1.82) is 0 Å². The molecule has 0 saturated carbocycles. The first-order valence-electron chi connectivity index (χ1n) is 11.9. The number of carbonyl (C=O) groups excluding carboxylic acids is 1. The molecule has 3 N–H and O–H groups in total. The zero-order valence-electron chi connectivity index (χ0n) is 21.0. The smallest absolute Gasteiger partial charge is 0.317 e. The number of nitrogens with zero attached hydrogens (tertiary/aromatic N) is 3. The number of hydrogen-bond acceptors (Lipinski definition) is 4. The van der Waals surface area contributed by atoms with Gasteiger partial charge in [0, 0.05) is 31.7 Å². The summed E-state index contributed by atoms with van der Waals surface area (Å²) >= 11 is 0. The van der Waals surface area contributed by atoms with Crippen LogP contribution in [-0.2, 0) is 10.2 Å². The molecule has 0 radical (unpaired) electrons. The number of aromatic nitrogens is 2. The van der Waals surface area contributed by atoms with Gasteiger partial charge in [0.05, 0.1) is 12.3 Å². The Bertz CT molecular complexity index is 1090. The van der Waals surface area contributed by atoms with Crippen LogP contribution in [0.15, 0.2) is 60.7 Å². The lowest BCUT2D eigenvalue weighted by atomic mass is 9.92. The number of methoxy groups -OCH3 is 1. The van der Waals surface area contributed by atoms with Crippen molar-refractivity contribution in [2.75, 3.05) is 38.7 Å². The second-order valence-corrected chi connectivity index (χ2v) is 9.71. The van der Waals surface area contributed by atoms with E-state index in [0.29, 0.717) is 5.82 Å². The molecule has 3 aromatic rings. The number of amides is 2. The third kappa shape index (κ3) is 7.37. The zero-order valence-corrected chi connectivity index (χ0v) is 21.0. The number of nitrogens with two attached hydrogens (primary N) is 1. The third-order valence-corrected chi connectivity index (χ3v) is 5.96. The maximum Gasteiger partial charge on any atom is 0.317 e. The number of anilines is 1. The van der Waals surface area contributed by atoms with Crippen molar-refractivity contribution < 1.29 is 13.9 Å². The summed E-state index contributed by atoms with van der Waals surface area (Å²) in [5.41, 5.74) is 7.38. The number of rotatable bonds is 6. The van der Waals surface area contributed by atoms with E-state index in [1.807, 2.05) is 20.8 Å². The highest BCUT2D eigenvalue weighted by Crippen LogP contribution is 2.27. The summed E-state index contributed by atoms with van der Waals surface area (Å²) in [7, 11) is 1.77. The average Bonchev–Trinajstić information content (AvgIpc) is 3.46. The van der Waals surface area contributed by atoms with Crippen molar-refractivity contribution in [2.24, 2.45) is 5.73 Å². The van der Waals surface area contributed by atoms with E-state index < -0.39 is 11.8 Å². The molecule has 1 fully saturated rings. The Kier molecular flexibility index (Phi) is 9.01. The van der Waals surface area contributed by atoms with Gasteiger partial charge in [0.15, 0.2) is 0 Å². The summed E-state index contributed by atoms with van der Waals surface area (Å²) in [6.45, 7) is 10.3. The molecule has 188 valence electrons. The van der Waals surface area contributed by atoms with Crippen LogP contribution in [0.3, 0.4) is 0 Å². The van der Waals surface area contributed by atoms with Gasteiger partial charge in [0.25, 0.3) is 0 Å². The summed E-state index contributed by atoms with van der Waals surface area (Å²) in [6, 6.07) is 18.0. The lowest BCUT2D eigenvalue weighted by Gasteiger charge is -2.15. The Balaban J connectivity index is 0.000000203. The number of para-hydroxylation sites is 1. The Morgan fingerprint density at radius 1 is 1.17 bits per heavy atom. The van der Waals surface area contributed by atoms with Crippen LogP contribution < -0.4 is 11.1 Å². The van der Waals surface area contributed by atoms with Crippen LogP contribution in [-0.4, -0.2) is 54.1 Å². The van der Waals surface area contributed by atoms with Crippen molar-refractivity contribution in [3.05, 3.63) is 77.7 Å². The first-order chi connectivity index (χ1) is 16.7. The molecule has 2 heterocycles. The molecule has 1 unspecified atom stereocenters. The summed E-state index contributed by atoms with van der Waals surface area (Å²) in [5.74, 6) is 0.638. The van der Waals surface area contributed by atoms with Crippen molar-refractivity contribution in [2.45, 2.75) is 38.5 Å². The van der Waals surface area contributed by atoms with Gasteiger partial charge in [-0.15, -0.1) is 0 Å². The maximum atomic E-state index is 13.9. The number of ether oxygens (including phenoxy) is 1. The van der Waals surface area contributed by atoms with Crippen LogP contribution in [0, 0.1) is 5.82 Å². The van der Waals surface area contributed by atoms with Gasteiger partial charge in [-0.25, -0.2) is 13.9 Å². The number of halogens is 1. The Morgan fingerprint density at radius 2 is 1.86 bits per heavy atom. The van der Waals surface area contributed by atoms with Crippen molar-refractivity contribution in [3.63, 3.8) is 0 Å². The minimum absolute atomic E-state index is 0.232. The van der Waals surface area contributed by atoms with Gasteiger partial charge >= 0.3 is 6.03 Å². The minimum atomic E-state index is -0.719. The maximum absolute atomic E-state index is 13.9. The van der Waals surface area contributed by atoms with E-state index in [9.17, 15) is 9.18 Å². The van der Waals surface area contributed by atoms with E-state index in [1.165, 1.54) is 35.8 Å². The number of hydrogen-bond donors (Lipinski definition) is 2. The fraction of sp³-hybridized carbons (Fsp3) is 0.407. The summed E-state index contributed by atoms with van der Waals surface area (Å²) in [4.78, 5) is 13.6. The largest absolute Gasteiger partial charge is 0.383 e. The van der Waals surface area contributed by atoms with Gasteiger partial charge in [-0.1, -0.05) is 63.2 Å². The molecule has 7 nitrogen and oxygen atoms in total. The van der Waals surface area contributed by atoms with Crippen molar-refractivity contribution >= 4 is 11.8 Å². The predicted octanol–water partition coefficient (Wildman–Crippen LogP) is 4.92. The molecule has 4 rings (SSSR count). The van der Waals surface area contributed by atoms with Gasteiger partial charge < -0.3 is 15.4 Å². The van der Waals surface area contributed by atoms with Crippen molar-refractivity contribution in [3.8, 4) is 5.69 Å². The molecule has 1 atom stereocenters. The van der Waals surface area contributed by atoms with Gasteiger partial charge in [-0.3, -0.25) is 5.32 Å². The molecular weight excluding hydrogens is 445 g/mol. The molecule has 1 aliphatic rings. The Labute approximate surface area is 207 Å². The van der Waals surface area contributed by atoms with Crippen LogP contribution in [0.1, 0.15) is 44.4 Å². The molecular formula is C27H36FN5O2. The zero-order chi connectivity index (χ0) is 25.4. The molecule has 35 heavy (non-hydrogen) atoms. The molecule has 2 aromatic carbocycles. The number of likely N-dealkylation sites (tertiary alicyclic amines) is 1. The van der Waals surface area contributed by atoms with Crippen LogP contribution >= 0.6 is 0 Å². The Morgan fingerprint density at radius 3 is 2.49 bits per heavy atom. The van der Waals surface area contributed by atoms with Gasteiger partial charge in [0.2, 0.25) is 0 Å². The van der Waals surface area contributed by atoms with E-state index in [-0.39, 0.29) is 11.1 Å². The number of carbonyl (C=O) groups is 1. The van der Waals surface area contributed by atoms with Crippen LogP contribution in [0.5, 0.6) is 0 Å². The SMILES string of the molecule is CC(C)(C)c1cc(NC(N)=O)n(-c2ccccc2F)n1.COCCN1CCC(c2ccccc2)C1. The van der Waals surface area contributed by atoms with Gasteiger partial charge in [0.1, 0.15) is 17.3 Å². The highest BCUT2D eigenvalue weighted by atomic mass is 19.1. The molecule has 1 aliphatic heterocycles. The average molecular weight is 482 g/mol. The summed E-state index contributed by atoms with van der Waals surface area (Å²) in [6.07, 6.45) is 1.29. The topological polar surface area (TPSA) is 85.4 Å². The highest BCUT2D eigenvalue weighted by Gasteiger charge is 2.23. The minimum Gasteiger partial charge on any atom is -0.383 e.